The summed E-state index contributed by atoms with van der Waals surface area (Å²) in [4.78, 5) is 2.52. The van der Waals surface area contributed by atoms with E-state index in [0.29, 0.717) is 6.04 Å². The lowest BCUT2D eigenvalue weighted by atomic mass is 10.1. The number of rotatable bonds is 9. The summed E-state index contributed by atoms with van der Waals surface area (Å²) in [5, 5.41) is 3.36. The highest BCUT2D eigenvalue weighted by Gasteiger charge is 2.10. The second-order valence-corrected chi connectivity index (χ2v) is 4.49. The summed E-state index contributed by atoms with van der Waals surface area (Å²) in [7, 11) is 4.33. The topological polar surface area (TPSA) is 15.3 Å². The quantitative estimate of drug-likeness (QED) is 0.635. The lowest BCUT2D eigenvalue weighted by Crippen LogP contribution is -2.32. The van der Waals surface area contributed by atoms with E-state index in [1.54, 1.807) is 0 Å². The molecule has 15 heavy (non-hydrogen) atoms. The molecular weight excluding hydrogens is 184 g/mol. The van der Waals surface area contributed by atoms with Gasteiger partial charge in [-0.25, -0.2) is 0 Å². The Bertz CT molecular complexity index is 128. The van der Waals surface area contributed by atoms with Gasteiger partial charge < -0.3 is 10.2 Å². The summed E-state index contributed by atoms with van der Waals surface area (Å²) in [6.45, 7) is 8.07. The molecule has 0 aliphatic heterocycles. The molecule has 0 aliphatic rings. The van der Waals surface area contributed by atoms with E-state index in [1.807, 2.05) is 0 Å². The average molecular weight is 214 g/mol. The minimum atomic E-state index is 0.708. The highest BCUT2D eigenvalue weighted by Crippen LogP contribution is 2.08. The van der Waals surface area contributed by atoms with Crippen LogP contribution in [0.15, 0.2) is 0 Å². The van der Waals surface area contributed by atoms with E-state index >= 15 is 0 Å². The van der Waals surface area contributed by atoms with Crippen LogP contribution in [-0.4, -0.2) is 37.6 Å². The van der Waals surface area contributed by atoms with Crippen molar-refractivity contribution in [1.29, 1.82) is 0 Å². The van der Waals surface area contributed by atoms with E-state index in [9.17, 15) is 0 Å². The molecule has 0 spiro atoms. The Morgan fingerprint density at radius 2 is 1.67 bits per heavy atom. The van der Waals surface area contributed by atoms with Gasteiger partial charge in [-0.15, -0.1) is 0 Å². The molecule has 0 saturated carbocycles. The summed E-state index contributed by atoms with van der Waals surface area (Å²) in [5.41, 5.74) is 0. The van der Waals surface area contributed by atoms with Crippen molar-refractivity contribution in [1.82, 2.24) is 10.2 Å². The van der Waals surface area contributed by atoms with Crippen molar-refractivity contribution in [2.24, 2.45) is 0 Å². The average Bonchev–Trinajstić information content (AvgIpc) is 2.26. The largest absolute Gasteiger partial charge is 0.317 e. The zero-order valence-electron chi connectivity index (χ0n) is 11.3. The van der Waals surface area contributed by atoms with Gasteiger partial charge in [-0.1, -0.05) is 20.8 Å². The monoisotopic (exact) mass is 214 g/mol. The van der Waals surface area contributed by atoms with Crippen molar-refractivity contribution in [3.8, 4) is 0 Å². The number of nitrogens with zero attached hydrogens (tertiary/aromatic N) is 1. The van der Waals surface area contributed by atoms with Crippen molar-refractivity contribution in [3.05, 3.63) is 0 Å². The summed E-state index contributed by atoms with van der Waals surface area (Å²) in [6, 6.07) is 1.49. The van der Waals surface area contributed by atoms with Crippen LogP contribution in [0.4, 0.5) is 0 Å². The molecular formula is C13H30N2. The smallest absolute Gasteiger partial charge is 0.00869 e. The Balaban J connectivity index is 3.65. The number of hydrogen-bond donors (Lipinski definition) is 1. The first kappa shape index (κ1) is 14.9. The second-order valence-electron chi connectivity index (χ2n) is 4.49. The molecule has 0 aromatic heterocycles. The molecule has 0 aromatic rings. The van der Waals surface area contributed by atoms with Gasteiger partial charge in [-0.3, -0.25) is 0 Å². The van der Waals surface area contributed by atoms with E-state index in [2.05, 4.69) is 45.1 Å². The van der Waals surface area contributed by atoms with Crippen LogP contribution in [0.25, 0.3) is 0 Å². The van der Waals surface area contributed by atoms with Crippen molar-refractivity contribution >= 4 is 0 Å². The fraction of sp³-hybridized carbons (Fsp3) is 1.00. The Hall–Kier alpha value is -0.0800. The zero-order valence-corrected chi connectivity index (χ0v) is 11.3. The minimum Gasteiger partial charge on any atom is -0.317 e. The third kappa shape index (κ3) is 6.16. The first-order chi connectivity index (χ1) is 7.19. The highest BCUT2D eigenvalue weighted by atomic mass is 15.1. The maximum absolute atomic E-state index is 3.36. The summed E-state index contributed by atoms with van der Waals surface area (Å²) >= 11 is 0. The van der Waals surface area contributed by atoms with E-state index in [4.69, 9.17) is 0 Å². The SMILES string of the molecule is CCC(CCCN(C)C(CC)CC)NC. The molecule has 2 nitrogen and oxygen atoms in total. The highest BCUT2D eigenvalue weighted by molar-refractivity contribution is 4.67. The molecule has 0 aromatic carbocycles. The van der Waals surface area contributed by atoms with Crippen molar-refractivity contribution < 1.29 is 0 Å². The van der Waals surface area contributed by atoms with Crippen molar-refractivity contribution in [2.75, 3.05) is 20.6 Å². The molecule has 0 saturated heterocycles. The lowest BCUT2D eigenvalue weighted by Gasteiger charge is -2.26. The zero-order chi connectivity index (χ0) is 11.7. The molecule has 0 amide bonds. The molecule has 92 valence electrons. The van der Waals surface area contributed by atoms with E-state index in [1.165, 1.54) is 38.6 Å². The van der Waals surface area contributed by atoms with Gasteiger partial charge in [0.2, 0.25) is 0 Å². The lowest BCUT2D eigenvalue weighted by molar-refractivity contribution is 0.222. The molecule has 0 rings (SSSR count). The Labute approximate surface area is 96.4 Å². The van der Waals surface area contributed by atoms with E-state index in [0.717, 1.165) is 6.04 Å². The fourth-order valence-corrected chi connectivity index (χ4v) is 2.23. The van der Waals surface area contributed by atoms with Crippen LogP contribution in [0.1, 0.15) is 52.9 Å². The Morgan fingerprint density at radius 1 is 1.07 bits per heavy atom. The van der Waals surface area contributed by atoms with Gasteiger partial charge in [-0.05, 0) is 52.7 Å². The first-order valence-electron chi connectivity index (χ1n) is 6.56. The molecule has 1 N–H and O–H groups in total. The molecule has 0 heterocycles. The number of nitrogens with one attached hydrogen (secondary N) is 1. The van der Waals surface area contributed by atoms with Crippen LogP contribution in [0, 0.1) is 0 Å². The van der Waals surface area contributed by atoms with Crippen molar-refractivity contribution in [3.63, 3.8) is 0 Å². The summed E-state index contributed by atoms with van der Waals surface area (Å²) in [5.74, 6) is 0. The van der Waals surface area contributed by atoms with Crippen LogP contribution in [0.5, 0.6) is 0 Å². The second kappa shape index (κ2) is 9.17. The van der Waals surface area contributed by atoms with Gasteiger partial charge in [0.15, 0.2) is 0 Å². The van der Waals surface area contributed by atoms with E-state index < -0.39 is 0 Å². The van der Waals surface area contributed by atoms with Gasteiger partial charge in [0.25, 0.3) is 0 Å². The third-order valence-corrected chi connectivity index (χ3v) is 3.53. The Morgan fingerprint density at radius 3 is 2.07 bits per heavy atom. The van der Waals surface area contributed by atoms with Crippen LogP contribution < -0.4 is 5.32 Å². The molecule has 0 radical (unpaired) electrons. The fourth-order valence-electron chi connectivity index (χ4n) is 2.23. The maximum atomic E-state index is 3.36. The van der Waals surface area contributed by atoms with Gasteiger partial charge in [0.1, 0.15) is 0 Å². The van der Waals surface area contributed by atoms with Gasteiger partial charge in [0, 0.05) is 12.1 Å². The Kier molecular flexibility index (Phi) is 9.12. The predicted octanol–water partition coefficient (Wildman–Crippen LogP) is 2.89. The predicted molar refractivity (Wildman–Crippen MR) is 69.4 cm³/mol. The van der Waals surface area contributed by atoms with Crippen LogP contribution in [0.2, 0.25) is 0 Å². The van der Waals surface area contributed by atoms with Crippen LogP contribution in [-0.2, 0) is 0 Å². The van der Waals surface area contributed by atoms with Crippen molar-refractivity contribution in [2.45, 2.75) is 65.0 Å². The molecule has 1 atom stereocenters. The van der Waals surface area contributed by atoms with E-state index in [-0.39, 0.29) is 0 Å². The summed E-state index contributed by atoms with van der Waals surface area (Å²) in [6.07, 6.45) is 6.40. The standard InChI is InChI=1S/C13H30N2/c1-6-12(14-4)10-9-11-15(5)13(7-2)8-3/h12-14H,6-11H2,1-5H3. The third-order valence-electron chi connectivity index (χ3n) is 3.53. The molecule has 1 unspecified atom stereocenters. The molecule has 2 heteroatoms. The molecule has 0 bridgehead atoms. The summed E-state index contributed by atoms with van der Waals surface area (Å²) < 4.78 is 0. The van der Waals surface area contributed by atoms with Gasteiger partial charge >= 0.3 is 0 Å². The maximum Gasteiger partial charge on any atom is 0.00869 e. The normalized spacial score (nSPS) is 13.8. The first-order valence-corrected chi connectivity index (χ1v) is 6.56. The van der Waals surface area contributed by atoms with Gasteiger partial charge in [0.05, 0.1) is 0 Å². The molecule has 0 fully saturated rings. The van der Waals surface area contributed by atoms with Crippen LogP contribution in [0.3, 0.4) is 0 Å². The van der Waals surface area contributed by atoms with Crippen LogP contribution >= 0.6 is 0 Å². The molecule has 0 aliphatic carbocycles. The minimum absolute atomic E-state index is 0.708. The number of hydrogen-bond acceptors (Lipinski definition) is 2. The van der Waals surface area contributed by atoms with Gasteiger partial charge in [-0.2, -0.15) is 0 Å².